The second-order valence-corrected chi connectivity index (χ2v) is 7.51. The third kappa shape index (κ3) is 5.53. The zero-order valence-electron chi connectivity index (χ0n) is 15.3. The zero-order valence-corrected chi connectivity index (χ0v) is 16.8. The Morgan fingerprint density at radius 3 is 2.46 bits per heavy atom. The number of carbonyl (C=O) groups is 2. The van der Waals surface area contributed by atoms with Crippen LogP contribution in [0.15, 0.2) is 53.3 Å². The lowest BCUT2D eigenvalue weighted by Crippen LogP contribution is -2.50. The van der Waals surface area contributed by atoms with Crippen LogP contribution in [0.2, 0.25) is 0 Å². The molecule has 1 aromatic carbocycles. The summed E-state index contributed by atoms with van der Waals surface area (Å²) in [7, 11) is 0. The normalized spacial score (nSPS) is 15.7. The van der Waals surface area contributed by atoms with Crippen LogP contribution in [0.4, 0.5) is 0 Å². The number of hydrogen-bond acceptors (Lipinski definition) is 5. The van der Waals surface area contributed by atoms with Gasteiger partial charge in [0.05, 0.1) is 0 Å². The van der Waals surface area contributed by atoms with Crippen LogP contribution in [-0.4, -0.2) is 58.6 Å². The van der Waals surface area contributed by atoms with E-state index in [1.165, 1.54) is 0 Å². The molecule has 1 aliphatic heterocycles. The topological polar surface area (TPSA) is 91.8 Å². The number of nitrogens with zero attached hydrogens (tertiary/aromatic N) is 2. The van der Waals surface area contributed by atoms with Crippen LogP contribution < -0.4 is 10.1 Å². The van der Waals surface area contributed by atoms with Gasteiger partial charge >= 0.3 is 0 Å². The third-order valence-electron chi connectivity index (χ3n) is 4.59. The van der Waals surface area contributed by atoms with E-state index >= 15 is 0 Å². The smallest absolute Gasteiger partial charge is 0.254 e. The first-order valence-corrected chi connectivity index (χ1v) is 9.88. The zero-order chi connectivity index (χ0) is 19.9. The molecule has 0 unspecified atom stereocenters. The van der Waals surface area contributed by atoms with Gasteiger partial charge in [-0.2, -0.15) is 0 Å². The van der Waals surface area contributed by atoms with E-state index in [-0.39, 0.29) is 24.5 Å². The monoisotopic (exact) mass is 447 g/mol. The number of carbonyl (C=O) groups excluding carboxylic acids is 2. The summed E-state index contributed by atoms with van der Waals surface area (Å²) < 4.78 is 6.40. The van der Waals surface area contributed by atoms with Crippen LogP contribution in [0.25, 0.3) is 0 Å². The Morgan fingerprint density at radius 2 is 1.82 bits per heavy atom. The summed E-state index contributed by atoms with van der Waals surface area (Å²) in [4.78, 5) is 30.1. The number of aliphatic hydroxyl groups is 1. The summed E-state index contributed by atoms with van der Waals surface area (Å²) in [5.74, 6) is 0.0960. The Hall–Kier alpha value is -2.45. The molecule has 0 aliphatic carbocycles. The van der Waals surface area contributed by atoms with E-state index in [0.29, 0.717) is 37.2 Å². The molecule has 0 bridgehead atoms. The van der Waals surface area contributed by atoms with Gasteiger partial charge in [0.2, 0.25) is 0 Å². The largest absolute Gasteiger partial charge is 0.490 e. The predicted molar refractivity (Wildman–Crippen MR) is 107 cm³/mol. The highest BCUT2D eigenvalue weighted by Crippen LogP contribution is 2.17. The molecule has 1 aliphatic rings. The van der Waals surface area contributed by atoms with Crippen molar-refractivity contribution in [2.45, 2.75) is 25.0 Å². The summed E-state index contributed by atoms with van der Waals surface area (Å²) in [6.45, 7) is 0.865. The van der Waals surface area contributed by atoms with Gasteiger partial charge in [0, 0.05) is 41.6 Å². The van der Waals surface area contributed by atoms with Gasteiger partial charge in [0.25, 0.3) is 11.8 Å². The fraction of sp³-hybridized carbons (Fsp3) is 0.350. The van der Waals surface area contributed by atoms with E-state index in [1.807, 2.05) is 12.1 Å². The van der Waals surface area contributed by atoms with Gasteiger partial charge < -0.3 is 20.1 Å². The minimum atomic E-state index is -1.22. The second-order valence-electron chi connectivity index (χ2n) is 6.59. The summed E-state index contributed by atoms with van der Waals surface area (Å²) in [5, 5.41) is 13.1. The van der Waals surface area contributed by atoms with Gasteiger partial charge in [0.15, 0.2) is 6.10 Å². The molecule has 148 valence electrons. The fourth-order valence-electron chi connectivity index (χ4n) is 3.00. The lowest BCUT2D eigenvalue weighted by molar-refractivity contribution is -0.142. The number of ether oxygens (including phenoxy) is 1. The molecule has 1 fully saturated rings. The number of hydrogen-bond donors (Lipinski definition) is 2. The first-order valence-electron chi connectivity index (χ1n) is 9.09. The Kier molecular flexibility index (Phi) is 7.00. The Morgan fingerprint density at radius 1 is 1.18 bits per heavy atom. The Bertz CT molecular complexity index is 793. The Balaban J connectivity index is 1.42. The van der Waals surface area contributed by atoms with Gasteiger partial charge in [-0.3, -0.25) is 14.6 Å². The van der Waals surface area contributed by atoms with Gasteiger partial charge in [-0.15, -0.1) is 0 Å². The average molecular weight is 448 g/mol. The molecule has 2 N–H and O–H groups in total. The van der Waals surface area contributed by atoms with Crippen LogP contribution in [0.5, 0.6) is 5.75 Å². The quantitative estimate of drug-likeness (QED) is 0.706. The maximum atomic E-state index is 12.4. The highest BCUT2D eigenvalue weighted by molar-refractivity contribution is 9.10. The molecule has 0 saturated carbocycles. The van der Waals surface area contributed by atoms with Crippen molar-refractivity contribution in [2.75, 3.05) is 19.7 Å². The molecule has 7 nitrogen and oxygen atoms in total. The van der Waals surface area contributed by atoms with Gasteiger partial charge in [-0.1, -0.05) is 15.9 Å². The lowest BCUT2D eigenvalue weighted by Gasteiger charge is -2.33. The average Bonchev–Trinajstić information content (AvgIpc) is 2.73. The molecule has 28 heavy (non-hydrogen) atoms. The summed E-state index contributed by atoms with van der Waals surface area (Å²) in [5.41, 5.74) is 0.564. The number of aromatic nitrogens is 1. The minimum absolute atomic E-state index is 0.000809. The molecule has 3 rings (SSSR count). The van der Waals surface area contributed by atoms with Crippen molar-refractivity contribution in [2.24, 2.45) is 0 Å². The maximum Gasteiger partial charge on any atom is 0.254 e. The molecule has 8 heteroatoms. The van der Waals surface area contributed by atoms with E-state index in [2.05, 4.69) is 26.2 Å². The first kappa shape index (κ1) is 20.3. The number of pyridine rings is 1. The fourth-order valence-corrected chi connectivity index (χ4v) is 3.27. The van der Waals surface area contributed by atoms with Crippen molar-refractivity contribution in [1.29, 1.82) is 0 Å². The number of aliphatic hydroxyl groups excluding tert-OH is 1. The van der Waals surface area contributed by atoms with Crippen LogP contribution >= 0.6 is 15.9 Å². The number of nitrogens with one attached hydrogen (secondary N) is 1. The lowest BCUT2D eigenvalue weighted by atomic mass is 10.0. The van der Waals surface area contributed by atoms with Crippen molar-refractivity contribution in [3.05, 3.63) is 58.8 Å². The number of piperidine rings is 1. The molecule has 0 radical (unpaired) electrons. The molecule has 1 saturated heterocycles. The number of likely N-dealkylation sites (tertiary alicyclic amines) is 1. The SMILES string of the molecule is O=C(NC1CCN(C(=O)[C@H](O)COc2ccc(Br)cc2)CC1)c1ccncc1. The van der Waals surface area contributed by atoms with Crippen molar-refractivity contribution in [3.63, 3.8) is 0 Å². The second kappa shape index (κ2) is 9.66. The van der Waals surface area contributed by atoms with E-state index in [4.69, 9.17) is 4.74 Å². The third-order valence-corrected chi connectivity index (χ3v) is 5.12. The summed E-state index contributed by atoms with van der Waals surface area (Å²) in [6.07, 6.45) is 3.22. The summed E-state index contributed by atoms with van der Waals surface area (Å²) in [6, 6.07) is 10.5. The van der Waals surface area contributed by atoms with Crippen molar-refractivity contribution in [3.8, 4) is 5.75 Å². The standard InChI is InChI=1S/C20H22BrN3O4/c21-15-1-3-17(4-2-15)28-13-18(25)20(27)24-11-7-16(8-12-24)23-19(26)14-5-9-22-10-6-14/h1-6,9-10,16,18,25H,7-8,11-13H2,(H,23,26)/t18-/m1/s1. The molecule has 2 aromatic rings. The molecule has 1 aromatic heterocycles. The van der Waals surface area contributed by atoms with Crippen molar-refractivity contribution < 1.29 is 19.4 Å². The maximum absolute atomic E-state index is 12.4. The van der Waals surface area contributed by atoms with Gasteiger partial charge in [0.1, 0.15) is 12.4 Å². The van der Waals surface area contributed by atoms with Crippen LogP contribution in [0.3, 0.4) is 0 Å². The molecule has 0 spiro atoms. The number of halogens is 1. The van der Waals surface area contributed by atoms with Gasteiger partial charge in [-0.25, -0.2) is 0 Å². The van der Waals surface area contributed by atoms with E-state index < -0.39 is 6.10 Å². The minimum Gasteiger partial charge on any atom is -0.490 e. The number of rotatable bonds is 6. The van der Waals surface area contributed by atoms with Crippen LogP contribution in [-0.2, 0) is 4.79 Å². The van der Waals surface area contributed by atoms with E-state index in [0.717, 1.165) is 4.47 Å². The highest BCUT2D eigenvalue weighted by atomic mass is 79.9. The number of benzene rings is 1. The Labute approximate surface area is 171 Å². The van der Waals surface area contributed by atoms with Crippen LogP contribution in [0.1, 0.15) is 23.2 Å². The van der Waals surface area contributed by atoms with Crippen LogP contribution in [0, 0.1) is 0 Å². The molecule has 2 heterocycles. The van der Waals surface area contributed by atoms with Crippen molar-refractivity contribution in [1.82, 2.24) is 15.2 Å². The molecule has 2 amide bonds. The first-order chi connectivity index (χ1) is 13.5. The molecule has 1 atom stereocenters. The summed E-state index contributed by atoms with van der Waals surface area (Å²) >= 11 is 3.34. The number of amides is 2. The predicted octanol–water partition coefficient (Wildman–Crippen LogP) is 2.00. The molecular weight excluding hydrogens is 426 g/mol. The molecular formula is C20H22BrN3O4. The van der Waals surface area contributed by atoms with Crippen molar-refractivity contribution >= 4 is 27.7 Å². The van der Waals surface area contributed by atoms with E-state index in [9.17, 15) is 14.7 Å². The highest BCUT2D eigenvalue weighted by Gasteiger charge is 2.28. The van der Waals surface area contributed by atoms with Gasteiger partial charge in [-0.05, 0) is 49.2 Å². The van der Waals surface area contributed by atoms with E-state index in [1.54, 1.807) is 41.6 Å².